The van der Waals surface area contributed by atoms with Crippen molar-refractivity contribution in [3.63, 3.8) is 0 Å². The molecule has 3 heteroatoms. The first-order valence-electron chi connectivity index (χ1n) is 6.93. The van der Waals surface area contributed by atoms with E-state index in [0.29, 0.717) is 0 Å². The lowest BCUT2D eigenvalue weighted by Gasteiger charge is -2.14. The molecule has 2 nitrogen and oxygen atoms in total. The Labute approximate surface area is 119 Å². The van der Waals surface area contributed by atoms with Gasteiger partial charge >= 0.3 is 0 Å². The molecule has 1 fully saturated rings. The van der Waals surface area contributed by atoms with Gasteiger partial charge in [0.25, 0.3) is 0 Å². The predicted molar refractivity (Wildman–Crippen MR) is 80.9 cm³/mol. The smallest absolute Gasteiger partial charge is 0.0206 e. The van der Waals surface area contributed by atoms with Gasteiger partial charge in [0.2, 0.25) is 0 Å². The third kappa shape index (κ3) is 4.71. The Morgan fingerprint density at radius 2 is 2.00 bits per heavy atom. The minimum atomic E-state index is 0.972. The summed E-state index contributed by atoms with van der Waals surface area (Å²) in [5, 5.41) is 3.53. The fraction of sp³-hybridized carbons (Fsp3) is 0.600. The Hall–Kier alpha value is -0.380. The lowest BCUT2D eigenvalue weighted by Crippen LogP contribution is -2.24. The minimum Gasteiger partial charge on any atom is -0.313 e. The Morgan fingerprint density at radius 3 is 2.72 bits per heavy atom. The first-order valence-corrected chi connectivity index (χ1v) is 7.72. The molecule has 0 atom stereocenters. The molecule has 1 aromatic carbocycles. The Balaban J connectivity index is 1.62. The highest BCUT2D eigenvalue weighted by Gasteiger charge is 2.09. The lowest BCUT2D eigenvalue weighted by molar-refractivity contribution is 0.331. The van der Waals surface area contributed by atoms with E-state index in [1.54, 1.807) is 0 Å². The van der Waals surface area contributed by atoms with Gasteiger partial charge in [0, 0.05) is 11.0 Å². The zero-order chi connectivity index (χ0) is 12.8. The van der Waals surface area contributed by atoms with E-state index in [1.807, 2.05) is 0 Å². The molecule has 1 aliphatic rings. The van der Waals surface area contributed by atoms with Gasteiger partial charge in [0.05, 0.1) is 0 Å². The van der Waals surface area contributed by atoms with Gasteiger partial charge in [-0.1, -0.05) is 22.0 Å². The van der Waals surface area contributed by atoms with Crippen LogP contribution in [0.25, 0.3) is 0 Å². The summed E-state index contributed by atoms with van der Waals surface area (Å²) >= 11 is 3.55. The number of nitrogens with one attached hydrogen (secondary N) is 1. The van der Waals surface area contributed by atoms with E-state index in [1.165, 1.54) is 54.5 Å². The van der Waals surface area contributed by atoms with Crippen LogP contribution in [-0.2, 0) is 6.54 Å². The van der Waals surface area contributed by atoms with Gasteiger partial charge in [-0.15, -0.1) is 0 Å². The fourth-order valence-electron chi connectivity index (χ4n) is 2.58. The van der Waals surface area contributed by atoms with Gasteiger partial charge in [-0.2, -0.15) is 0 Å². The van der Waals surface area contributed by atoms with Gasteiger partial charge in [0.1, 0.15) is 0 Å². The molecule has 0 amide bonds. The second kappa shape index (κ2) is 7.27. The van der Waals surface area contributed by atoms with Crippen LogP contribution < -0.4 is 5.32 Å². The summed E-state index contributed by atoms with van der Waals surface area (Å²) < 4.78 is 1.18. The number of halogens is 1. The van der Waals surface area contributed by atoms with Crippen LogP contribution in [0.1, 0.15) is 30.4 Å². The van der Waals surface area contributed by atoms with Crippen LogP contribution in [0.3, 0.4) is 0 Å². The van der Waals surface area contributed by atoms with Gasteiger partial charge < -0.3 is 10.2 Å². The highest BCUT2D eigenvalue weighted by atomic mass is 79.9. The largest absolute Gasteiger partial charge is 0.313 e. The summed E-state index contributed by atoms with van der Waals surface area (Å²) in [6.45, 7) is 8.10. The number of rotatable bonds is 6. The van der Waals surface area contributed by atoms with E-state index in [-0.39, 0.29) is 0 Å². The number of benzene rings is 1. The average molecular weight is 311 g/mol. The molecule has 0 saturated carbocycles. The third-order valence-electron chi connectivity index (χ3n) is 3.46. The molecule has 100 valence electrons. The molecule has 0 radical (unpaired) electrons. The molecule has 0 bridgehead atoms. The normalized spacial score (nSPS) is 16.3. The zero-order valence-electron chi connectivity index (χ0n) is 11.2. The van der Waals surface area contributed by atoms with E-state index in [2.05, 4.69) is 51.3 Å². The van der Waals surface area contributed by atoms with Crippen molar-refractivity contribution in [3.05, 3.63) is 33.8 Å². The molecule has 0 spiro atoms. The van der Waals surface area contributed by atoms with Crippen LogP contribution in [0, 0.1) is 6.92 Å². The molecule has 1 N–H and O–H groups in total. The highest BCUT2D eigenvalue weighted by molar-refractivity contribution is 9.10. The van der Waals surface area contributed by atoms with Crippen LogP contribution >= 0.6 is 15.9 Å². The minimum absolute atomic E-state index is 0.972. The lowest BCUT2D eigenvalue weighted by atomic mass is 10.1. The average Bonchev–Trinajstić information content (AvgIpc) is 2.80. The molecule has 2 rings (SSSR count). The summed E-state index contributed by atoms with van der Waals surface area (Å²) in [5.41, 5.74) is 2.68. The van der Waals surface area contributed by atoms with Crippen molar-refractivity contribution < 1.29 is 0 Å². The zero-order valence-corrected chi connectivity index (χ0v) is 12.8. The highest BCUT2D eigenvalue weighted by Crippen LogP contribution is 2.15. The van der Waals surface area contributed by atoms with E-state index in [9.17, 15) is 0 Å². The first-order chi connectivity index (χ1) is 8.74. The van der Waals surface area contributed by atoms with Crippen LogP contribution in [0.5, 0.6) is 0 Å². The molecule has 0 aliphatic carbocycles. The van der Waals surface area contributed by atoms with Crippen molar-refractivity contribution in [2.45, 2.75) is 32.7 Å². The molecular weight excluding hydrogens is 288 g/mol. The van der Waals surface area contributed by atoms with Gasteiger partial charge in [-0.3, -0.25) is 0 Å². The fourth-order valence-corrected chi connectivity index (χ4v) is 3.24. The van der Waals surface area contributed by atoms with E-state index >= 15 is 0 Å². The van der Waals surface area contributed by atoms with Crippen molar-refractivity contribution in [2.75, 3.05) is 26.2 Å². The van der Waals surface area contributed by atoms with Crippen molar-refractivity contribution in [2.24, 2.45) is 0 Å². The number of aryl methyl sites for hydroxylation is 1. The second-order valence-corrected chi connectivity index (χ2v) is 6.13. The first kappa shape index (κ1) is 14.0. The Kier molecular flexibility index (Phi) is 5.67. The Bertz CT molecular complexity index is 353. The maximum Gasteiger partial charge on any atom is 0.0206 e. The molecular formula is C15H23BrN2. The SMILES string of the molecule is Cc1cc(Br)cc(CNCCCN2CCCC2)c1. The number of likely N-dealkylation sites (tertiary alicyclic amines) is 1. The molecule has 1 aromatic rings. The third-order valence-corrected chi connectivity index (χ3v) is 3.92. The Morgan fingerprint density at radius 1 is 1.22 bits per heavy atom. The van der Waals surface area contributed by atoms with Crippen LogP contribution in [0.4, 0.5) is 0 Å². The standard InChI is InChI=1S/C15H23BrN2/c1-13-9-14(11-15(16)10-13)12-17-5-4-8-18-6-2-3-7-18/h9-11,17H,2-8,12H2,1H3. The quantitative estimate of drug-likeness (QED) is 0.811. The summed E-state index contributed by atoms with van der Waals surface area (Å²) in [7, 11) is 0. The van der Waals surface area contributed by atoms with Crippen LogP contribution in [0.15, 0.2) is 22.7 Å². The maximum absolute atomic E-state index is 3.55. The summed E-state index contributed by atoms with van der Waals surface area (Å²) in [6.07, 6.45) is 4.04. The molecule has 1 aliphatic heterocycles. The summed E-state index contributed by atoms with van der Waals surface area (Å²) in [6, 6.07) is 6.59. The van der Waals surface area contributed by atoms with Crippen molar-refractivity contribution >= 4 is 15.9 Å². The van der Waals surface area contributed by atoms with E-state index in [0.717, 1.165) is 13.1 Å². The van der Waals surface area contributed by atoms with Crippen molar-refractivity contribution in [1.82, 2.24) is 10.2 Å². The van der Waals surface area contributed by atoms with Gasteiger partial charge in [-0.25, -0.2) is 0 Å². The number of nitrogens with zero attached hydrogens (tertiary/aromatic N) is 1. The molecule has 0 aromatic heterocycles. The molecule has 0 unspecified atom stereocenters. The summed E-state index contributed by atoms with van der Waals surface area (Å²) in [5.74, 6) is 0. The molecule has 1 heterocycles. The predicted octanol–water partition coefficient (Wildman–Crippen LogP) is 3.33. The summed E-state index contributed by atoms with van der Waals surface area (Å²) in [4.78, 5) is 2.57. The number of hydrogen-bond donors (Lipinski definition) is 1. The van der Waals surface area contributed by atoms with Crippen LogP contribution in [-0.4, -0.2) is 31.1 Å². The van der Waals surface area contributed by atoms with E-state index < -0.39 is 0 Å². The molecule has 18 heavy (non-hydrogen) atoms. The van der Waals surface area contributed by atoms with Gasteiger partial charge in [0.15, 0.2) is 0 Å². The monoisotopic (exact) mass is 310 g/mol. The van der Waals surface area contributed by atoms with Crippen molar-refractivity contribution in [1.29, 1.82) is 0 Å². The van der Waals surface area contributed by atoms with Gasteiger partial charge in [-0.05, 0) is 75.6 Å². The van der Waals surface area contributed by atoms with E-state index in [4.69, 9.17) is 0 Å². The topological polar surface area (TPSA) is 15.3 Å². The van der Waals surface area contributed by atoms with Crippen molar-refractivity contribution in [3.8, 4) is 0 Å². The maximum atomic E-state index is 3.55. The number of hydrogen-bond acceptors (Lipinski definition) is 2. The second-order valence-electron chi connectivity index (χ2n) is 5.22. The molecule has 1 saturated heterocycles. The van der Waals surface area contributed by atoms with Crippen LogP contribution in [0.2, 0.25) is 0 Å².